The molecule has 0 spiro atoms. The third-order valence-corrected chi connectivity index (χ3v) is 0.880. The van der Waals surface area contributed by atoms with Gasteiger partial charge in [0.05, 0.1) is 7.06 Å². The molecule has 0 aromatic heterocycles. The molecule has 7 heavy (non-hydrogen) atoms. The van der Waals surface area contributed by atoms with E-state index in [1.54, 1.807) is 0 Å². The third-order valence-electron chi connectivity index (χ3n) is 0.880. The fourth-order valence-electron chi connectivity index (χ4n) is 0.222. The van der Waals surface area contributed by atoms with Crippen LogP contribution < -0.4 is 0 Å². The van der Waals surface area contributed by atoms with Gasteiger partial charge >= 0.3 is 0 Å². The van der Waals surface area contributed by atoms with E-state index in [9.17, 15) is 0 Å². The van der Waals surface area contributed by atoms with Crippen LogP contribution in [0.4, 0.5) is 0 Å². The molecule has 0 atom stereocenters. The van der Waals surface area contributed by atoms with E-state index >= 15 is 0 Å². The number of rotatable bonds is 2. The minimum Gasteiger partial charge on any atom is -0.459 e. The van der Waals surface area contributed by atoms with Crippen LogP contribution in [0.3, 0.4) is 0 Å². The van der Waals surface area contributed by atoms with Crippen molar-refractivity contribution in [2.45, 2.75) is 19.7 Å². The molecule has 0 aliphatic heterocycles. The highest BCUT2D eigenvalue weighted by Crippen LogP contribution is 2.00. The zero-order valence-corrected chi connectivity index (χ0v) is 4.76. The van der Waals surface area contributed by atoms with Crippen LogP contribution >= 0.6 is 0 Å². The van der Waals surface area contributed by atoms with Crippen LogP contribution in [-0.4, -0.2) is 26.6 Å². The Labute approximate surface area is 47.2 Å². The predicted molar refractivity (Wildman–Crippen MR) is 34.6 cm³/mol. The molecule has 0 aliphatic rings. The smallest absolute Gasteiger partial charge is 0.234 e. The molecule has 0 aliphatic carbocycles. The molecule has 0 aromatic carbocycles. The van der Waals surface area contributed by atoms with Crippen molar-refractivity contribution in [2.24, 2.45) is 0 Å². The van der Waals surface area contributed by atoms with Gasteiger partial charge < -0.3 is 5.02 Å². The molecule has 1 N–H and O–H groups in total. The van der Waals surface area contributed by atoms with Crippen LogP contribution in [0, 0.1) is 0 Å². The first-order valence-electron chi connectivity index (χ1n) is 2.41. The van der Waals surface area contributed by atoms with E-state index in [1.165, 1.54) is 7.06 Å². The van der Waals surface area contributed by atoms with Crippen molar-refractivity contribution in [1.29, 1.82) is 0 Å². The lowest BCUT2D eigenvalue weighted by Crippen LogP contribution is -2.25. The maximum atomic E-state index is 8.75. The van der Waals surface area contributed by atoms with Gasteiger partial charge in [0.1, 0.15) is 0 Å². The molecule has 1 nitrogen and oxygen atoms in total. The van der Waals surface area contributed by atoms with Gasteiger partial charge in [0, 0.05) is 7.74 Å². The lowest BCUT2D eigenvalue weighted by molar-refractivity contribution is 0.577. The molecule has 35 valence electrons. The Morgan fingerprint density at radius 3 is 2.14 bits per heavy atom. The van der Waals surface area contributed by atoms with Crippen LogP contribution in [0.2, 0.25) is 5.82 Å². The van der Waals surface area contributed by atoms with E-state index in [1.807, 2.05) is 13.8 Å². The summed E-state index contributed by atoms with van der Waals surface area (Å²) in [6.45, 7) is 3.38. The van der Waals surface area contributed by atoms with Crippen molar-refractivity contribution in [3.8, 4) is 0 Å². The summed E-state index contributed by atoms with van der Waals surface area (Å²) in [6.07, 6.45) is 0. The van der Waals surface area contributed by atoms with Crippen LogP contribution in [0.1, 0.15) is 13.8 Å². The third kappa shape index (κ3) is 2.80. The van der Waals surface area contributed by atoms with E-state index in [2.05, 4.69) is 0 Å². The average Bonchev–Trinajstić information content (AvgIpc) is 1.65. The Morgan fingerprint density at radius 1 is 1.71 bits per heavy atom. The molecule has 0 fully saturated rings. The van der Waals surface area contributed by atoms with E-state index in [0.29, 0.717) is 0 Å². The first kappa shape index (κ1) is 7.15. The molecular weight excluding hydrogens is 84.5 g/mol. The highest BCUT2D eigenvalue weighted by molar-refractivity contribution is 7.29. The summed E-state index contributed by atoms with van der Waals surface area (Å²) in [5.41, 5.74) is 0. The van der Waals surface area contributed by atoms with E-state index < -0.39 is 6.81 Å². The minimum absolute atomic E-state index is 0.241. The highest BCUT2D eigenvalue weighted by Gasteiger charge is 2.10. The van der Waals surface area contributed by atoms with Crippen molar-refractivity contribution >= 4 is 21.6 Å². The summed E-state index contributed by atoms with van der Waals surface area (Å²) >= 11 is 0. The molecule has 0 bridgehead atoms. The zero-order chi connectivity index (χ0) is 5.86. The summed E-state index contributed by atoms with van der Waals surface area (Å²) in [4.78, 5) is 0. The maximum absolute atomic E-state index is 8.75. The zero-order valence-electron chi connectivity index (χ0n) is 4.76. The quantitative estimate of drug-likeness (QED) is 0.463. The molecule has 0 heterocycles. The molecule has 0 saturated heterocycles. The van der Waals surface area contributed by atoms with Crippen molar-refractivity contribution in [3.05, 3.63) is 0 Å². The van der Waals surface area contributed by atoms with Gasteiger partial charge in [-0.3, -0.25) is 0 Å². The van der Waals surface area contributed by atoms with Crippen LogP contribution in [0.15, 0.2) is 0 Å². The topological polar surface area (TPSA) is 20.2 Å². The molecular formula is C3H8B3O. The largest absolute Gasteiger partial charge is 0.459 e. The van der Waals surface area contributed by atoms with Gasteiger partial charge in [0.25, 0.3) is 0 Å². The van der Waals surface area contributed by atoms with Gasteiger partial charge in [-0.05, 0) is 5.82 Å². The number of hydrogen-bond donors (Lipinski definition) is 1. The van der Waals surface area contributed by atoms with Gasteiger partial charge in [-0.1, -0.05) is 13.8 Å². The Balaban J connectivity index is 3.14. The van der Waals surface area contributed by atoms with Crippen LogP contribution in [0.5, 0.6) is 0 Å². The Hall–Kier alpha value is 0.155. The maximum Gasteiger partial charge on any atom is 0.234 e. The van der Waals surface area contributed by atoms with Crippen molar-refractivity contribution < 1.29 is 5.02 Å². The highest BCUT2D eigenvalue weighted by atomic mass is 16.2. The standard InChI is InChI=1S/C3H8B3O/c1-3(2)6(7)5-4/h3,7H,1-2H3. The minimum atomic E-state index is -0.444. The monoisotopic (exact) mass is 93.1 g/mol. The second kappa shape index (κ2) is 3.19. The molecule has 0 aromatic rings. The lowest BCUT2D eigenvalue weighted by Gasteiger charge is -2.04. The molecule has 0 rings (SSSR count). The average molecular weight is 92.5 g/mol. The van der Waals surface area contributed by atoms with Gasteiger partial charge in [-0.25, -0.2) is 0 Å². The fraction of sp³-hybridized carbons (Fsp3) is 1.00. The SMILES string of the molecule is [B][B]B(O)C(C)C. The van der Waals surface area contributed by atoms with Gasteiger partial charge in [0.15, 0.2) is 0 Å². The molecule has 3 radical (unpaired) electrons. The lowest BCUT2D eigenvalue weighted by atomic mass is 9.19. The fourth-order valence-corrected chi connectivity index (χ4v) is 0.222. The van der Waals surface area contributed by atoms with Crippen molar-refractivity contribution in [2.75, 3.05) is 0 Å². The summed E-state index contributed by atoms with van der Waals surface area (Å²) in [7, 11) is 6.29. The summed E-state index contributed by atoms with van der Waals surface area (Å²) in [6, 6.07) is 0. The normalized spacial score (nSPS) is 9.14. The van der Waals surface area contributed by atoms with Gasteiger partial charge in [-0.2, -0.15) is 0 Å². The first-order chi connectivity index (χ1) is 3.18. The predicted octanol–water partition coefficient (Wildman–Crippen LogP) is -0.335. The summed E-state index contributed by atoms with van der Waals surface area (Å²) in [5.74, 6) is 0.241. The second-order valence-corrected chi connectivity index (χ2v) is 1.93. The molecule has 0 amide bonds. The van der Waals surface area contributed by atoms with Crippen molar-refractivity contribution in [1.82, 2.24) is 0 Å². The first-order valence-corrected chi connectivity index (χ1v) is 2.41. The molecule has 4 heteroatoms. The van der Waals surface area contributed by atoms with E-state index in [4.69, 9.17) is 12.8 Å². The van der Waals surface area contributed by atoms with Crippen LogP contribution in [-0.2, 0) is 0 Å². The summed E-state index contributed by atoms with van der Waals surface area (Å²) in [5, 5.41) is 8.75. The van der Waals surface area contributed by atoms with E-state index in [0.717, 1.165) is 0 Å². The second-order valence-electron chi connectivity index (χ2n) is 1.93. The Kier molecular flexibility index (Phi) is 3.27. The van der Waals surface area contributed by atoms with Gasteiger partial charge in [0.2, 0.25) is 6.81 Å². The van der Waals surface area contributed by atoms with Gasteiger partial charge in [-0.15, -0.1) is 0 Å². The van der Waals surface area contributed by atoms with Crippen LogP contribution in [0.25, 0.3) is 0 Å². The van der Waals surface area contributed by atoms with E-state index in [-0.39, 0.29) is 5.82 Å². The Morgan fingerprint density at radius 2 is 2.14 bits per heavy atom. The number of hydrogen-bond acceptors (Lipinski definition) is 1. The van der Waals surface area contributed by atoms with Crippen molar-refractivity contribution in [3.63, 3.8) is 0 Å². The summed E-state index contributed by atoms with van der Waals surface area (Å²) < 4.78 is 0. The molecule has 0 unspecified atom stereocenters. The Bertz CT molecular complexity index is 47.4. The molecule has 0 saturated carbocycles.